The maximum absolute atomic E-state index is 10.8. The van der Waals surface area contributed by atoms with Gasteiger partial charge in [-0.15, -0.1) is 0 Å². The van der Waals surface area contributed by atoms with Gasteiger partial charge in [0.25, 0.3) is 10.1 Å². The van der Waals surface area contributed by atoms with Crippen LogP contribution in [0.3, 0.4) is 0 Å². The number of aliphatic hydroxyl groups is 1. The Morgan fingerprint density at radius 3 is 1.64 bits per heavy atom. The van der Waals surface area contributed by atoms with E-state index in [2.05, 4.69) is 6.92 Å². The first-order valence-electron chi connectivity index (χ1n) is 9.02. The van der Waals surface area contributed by atoms with Crippen LogP contribution in [0.5, 0.6) is 0 Å². The highest BCUT2D eigenvalue weighted by Crippen LogP contribution is 2.15. The molecule has 0 amide bonds. The lowest BCUT2D eigenvalue weighted by Gasteiger charge is -2.10. The second-order valence-electron chi connectivity index (χ2n) is 6.53. The second kappa shape index (κ2) is 13.3. The summed E-state index contributed by atoms with van der Waals surface area (Å²) >= 11 is 0. The van der Waals surface area contributed by atoms with Gasteiger partial charge in [-0.25, -0.2) is 0 Å². The fraction of sp³-hybridized carbons (Fsp3) is 1.00. The minimum atomic E-state index is -3.85. The Labute approximate surface area is 137 Å². The molecule has 0 fully saturated rings. The normalized spacial score (nSPS) is 14.9. The Morgan fingerprint density at radius 2 is 1.18 bits per heavy atom. The molecule has 134 valence electrons. The molecule has 0 saturated heterocycles. The highest BCUT2D eigenvalue weighted by atomic mass is 32.2. The van der Waals surface area contributed by atoms with Crippen LogP contribution in [-0.2, 0) is 10.1 Å². The van der Waals surface area contributed by atoms with Crippen molar-refractivity contribution in [1.82, 2.24) is 0 Å². The van der Waals surface area contributed by atoms with Crippen molar-refractivity contribution in [3.05, 3.63) is 0 Å². The summed E-state index contributed by atoms with van der Waals surface area (Å²) < 4.78 is 30.5. The Bertz CT molecular complexity index is 341. The molecular weight excluding hydrogens is 300 g/mol. The summed E-state index contributed by atoms with van der Waals surface area (Å²) in [5.74, 6) is 0. The van der Waals surface area contributed by atoms with E-state index in [-0.39, 0.29) is 6.10 Å². The lowest BCUT2D eigenvalue weighted by molar-refractivity contribution is 0.147. The first-order valence-corrected chi connectivity index (χ1v) is 10.5. The van der Waals surface area contributed by atoms with Crippen LogP contribution in [0.2, 0.25) is 0 Å². The molecule has 4 nitrogen and oxygen atoms in total. The molecule has 0 heterocycles. The topological polar surface area (TPSA) is 74.6 Å². The number of aliphatic hydroxyl groups excluding tert-OH is 1. The standard InChI is InChI=1S/C17H36O4S/c1-3-4-5-11-14-17(18)15-12-9-7-6-8-10-13-16(2)22(19,20)21/h16-18H,3-15H2,1-2H3,(H,19,20,21). The average Bonchev–Trinajstić information content (AvgIpc) is 2.45. The third-order valence-electron chi connectivity index (χ3n) is 4.30. The largest absolute Gasteiger partial charge is 0.393 e. The summed E-state index contributed by atoms with van der Waals surface area (Å²) in [5.41, 5.74) is 0. The van der Waals surface area contributed by atoms with Crippen LogP contribution < -0.4 is 0 Å². The van der Waals surface area contributed by atoms with Crippen molar-refractivity contribution in [2.45, 2.75) is 109 Å². The van der Waals surface area contributed by atoms with Crippen LogP contribution in [0.4, 0.5) is 0 Å². The van der Waals surface area contributed by atoms with Gasteiger partial charge in [0.05, 0.1) is 11.4 Å². The van der Waals surface area contributed by atoms with Crippen molar-refractivity contribution in [1.29, 1.82) is 0 Å². The van der Waals surface area contributed by atoms with Crippen molar-refractivity contribution >= 4 is 10.1 Å². The van der Waals surface area contributed by atoms with Gasteiger partial charge < -0.3 is 5.11 Å². The van der Waals surface area contributed by atoms with Gasteiger partial charge in [0.2, 0.25) is 0 Å². The molecule has 0 aliphatic carbocycles. The number of hydrogen-bond donors (Lipinski definition) is 2. The van der Waals surface area contributed by atoms with Crippen LogP contribution in [0.25, 0.3) is 0 Å². The molecule has 2 N–H and O–H groups in total. The van der Waals surface area contributed by atoms with Gasteiger partial charge in [0.15, 0.2) is 0 Å². The molecule has 22 heavy (non-hydrogen) atoms. The van der Waals surface area contributed by atoms with E-state index in [1.807, 2.05) is 0 Å². The van der Waals surface area contributed by atoms with Crippen molar-refractivity contribution < 1.29 is 18.1 Å². The molecule has 0 saturated carbocycles. The van der Waals surface area contributed by atoms with Gasteiger partial charge >= 0.3 is 0 Å². The Kier molecular flexibility index (Phi) is 13.2. The molecular formula is C17H36O4S. The van der Waals surface area contributed by atoms with E-state index < -0.39 is 15.4 Å². The molecule has 0 spiro atoms. The summed E-state index contributed by atoms with van der Waals surface area (Å²) in [6, 6.07) is 0. The van der Waals surface area contributed by atoms with Gasteiger partial charge in [-0.1, -0.05) is 71.1 Å². The number of unbranched alkanes of at least 4 members (excludes halogenated alkanes) is 8. The predicted molar refractivity (Wildman–Crippen MR) is 92.7 cm³/mol. The fourth-order valence-corrected chi connectivity index (χ4v) is 3.08. The summed E-state index contributed by atoms with van der Waals surface area (Å²) in [4.78, 5) is 0. The lowest BCUT2D eigenvalue weighted by atomic mass is 10.0. The maximum atomic E-state index is 10.8. The van der Waals surface area contributed by atoms with E-state index in [1.165, 1.54) is 19.3 Å². The van der Waals surface area contributed by atoms with Crippen LogP contribution in [0.15, 0.2) is 0 Å². The summed E-state index contributed by atoms with van der Waals surface area (Å²) in [7, 11) is -3.85. The third-order valence-corrected chi connectivity index (χ3v) is 5.55. The molecule has 0 radical (unpaired) electrons. The number of rotatable bonds is 15. The second-order valence-corrected chi connectivity index (χ2v) is 8.36. The van der Waals surface area contributed by atoms with E-state index in [1.54, 1.807) is 6.92 Å². The summed E-state index contributed by atoms with van der Waals surface area (Å²) in [6.45, 7) is 3.75. The smallest absolute Gasteiger partial charge is 0.267 e. The molecule has 0 aromatic heterocycles. The molecule has 2 atom stereocenters. The highest BCUT2D eigenvalue weighted by molar-refractivity contribution is 7.86. The van der Waals surface area contributed by atoms with E-state index in [9.17, 15) is 13.5 Å². The van der Waals surface area contributed by atoms with Gasteiger partial charge in [0.1, 0.15) is 0 Å². The van der Waals surface area contributed by atoms with Gasteiger partial charge in [-0.2, -0.15) is 8.42 Å². The Balaban J connectivity index is 3.33. The highest BCUT2D eigenvalue weighted by Gasteiger charge is 2.15. The quantitative estimate of drug-likeness (QED) is 0.335. The van der Waals surface area contributed by atoms with Gasteiger partial charge in [-0.3, -0.25) is 4.55 Å². The van der Waals surface area contributed by atoms with E-state index >= 15 is 0 Å². The van der Waals surface area contributed by atoms with Gasteiger partial charge in [0, 0.05) is 0 Å². The third kappa shape index (κ3) is 13.5. The Morgan fingerprint density at radius 1 is 0.773 bits per heavy atom. The molecule has 0 bridgehead atoms. The van der Waals surface area contributed by atoms with Crippen LogP contribution in [0.1, 0.15) is 97.3 Å². The summed E-state index contributed by atoms with van der Waals surface area (Å²) in [5, 5.41) is 9.20. The van der Waals surface area contributed by atoms with Crippen molar-refractivity contribution in [2.24, 2.45) is 0 Å². The lowest BCUT2D eigenvalue weighted by Crippen LogP contribution is -2.16. The summed E-state index contributed by atoms with van der Waals surface area (Å²) in [6.07, 6.45) is 13.4. The van der Waals surface area contributed by atoms with Crippen LogP contribution in [0, 0.1) is 0 Å². The van der Waals surface area contributed by atoms with Crippen LogP contribution in [-0.4, -0.2) is 29.4 Å². The minimum Gasteiger partial charge on any atom is -0.393 e. The molecule has 0 aromatic carbocycles. The molecule has 0 aliphatic rings. The zero-order valence-corrected chi connectivity index (χ0v) is 15.3. The molecule has 0 aliphatic heterocycles. The molecule has 2 unspecified atom stereocenters. The molecule has 5 heteroatoms. The van der Waals surface area contributed by atoms with Crippen molar-refractivity contribution in [3.8, 4) is 0 Å². The fourth-order valence-electron chi connectivity index (χ4n) is 2.62. The van der Waals surface area contributed by atoms with E-state index in [4.69, 9.17) is 4.55 Å². The first kappa shape index (κ1) is 21.9. The van der Waals surface area contributed by atoms with Crippen molar-refractivity contribution in [3.63, 3.8) is 0 Å². The predicted octanol–water partition coefficient (Wildman–Crippen LogP) is 4.71. The van der Waals surface area contributed by atoms with Crippen LogP contribution >= 0.6 is 0 Å². The monoisotopic (exact) mass is 336 g/mol. The first-order chi connectivity index (χ1) is 10.4. The average molecular weight is 337 g/mol. The maximum Gasteiger partial charge on any atom is 0.267 e. The van der Waals surface area contributed by atoms with Gasteiger partial charge in [-0.05, 0) is 26.2 Å². The minimum absolute atomic E-state index is 0.132. The zero-order chi connectivity index (χ0) is 16.8. The molecule has 0 rings (SSSR count). The number of hydrogen-bond acceptors (Lipinski definition) is 3. The zero-order valence-electron chi connectivity index (χ0n) is 14.5. The molecule has 0 aromatic rings. The van der Waals surface area contributed by atoms with E-state index in [0.29, 0.717) is 6.42 Å². The SMILES string of the molecule is CCCCCCC(O)CCCCCCCCC(C)S(=O)(=O)O. The van der Waals surface area contributed by atoms with E-state index in [0.717, 1.165) is 57.8 Å². The van der Waals surface area contributed by atoms with Crippen molar-refractivity contribution in [2.75, 3.05) is 0 Å². The Hall–Kier alpha value is -0.130.